The van der Waals surface area contributed by atoms with Crippen LogP contribution in [0.3, 0.4) is 0 Å². The van der Waals surface area contributed by atoms with Crippen LogP contribution in [-0.4, -0.2) is 50.1 Å². The molecule has 0 aliphatic carbocycles. The summed E-state index contributed by atoms with van der Waals surface area (Å²) in [6.45, 7) is 8.87. The number of benzene rings is 1. The van der Waals surface area contributed by atoms with Crippen LogP contribution in [-0.2, 0) is 22.7 Å². The average molecular weight is 398 g/mol. The topological polar surface area (TPSA) is 53.6 Å². The molecule has 1 aliphatic rings. The molecule has 0 aromatic heterocycles. The number of hydrogen-bond donors (Lipinski definition) is 2. The number of ether oxygens (including phenoxy) is 1. The van der Waals surface area contributed by atoms with Gasteiger partial charge in [0.1, 0.15) is 0 Å². The van der Waals surface area contributed by atoms with E-state index in [1.807, 2.05) is 33.0 Å². The van der Waals surface area contributed by atoms with Gasteiger partial charge in [0.15, 0.2) is 0 Å². The number of likely N-dealkylation sites (tertiary alicyclic amines) is 1. The van der Waals surface area contributed by atoms with E-state index in [1.54, 1.807) is 0 Å². The minimum atomic E-state index is 0. The maximum atomic E-state index is 12.3. The van der Waals surface area contributed by atoms with Gasteiger partial charge in [-0.05, 0) is 76.8 Å². The first-order valence-electron chi connectivity index (χ1n) is 9.90. The Morgan fingerprint density at radius 2 is 1.89 bits per heavy atom. The number of rotatable bonds is 10. The van der Waals surface area contributed by atoms with E-state index in [0.717, 1.165) is 36.7 Å². The van der Waals surface area contributed by atoms with Crippen LogP contribution in [0.25, 0.3) is 0 Å². The molecule has 1 saturated heterocycles. The maximum absolute atomic E-state index is 12.3. The van der Waals surface area contributed by atoms with E-state index in [9.17, 15) is 4.79 Å². The molecule has 0 radical (unpaired) electrons. The van der Waals surface area contributed by atoms with Crippen molar-refractivity contribution in [3.63, 3.8) is 0 Å². The first-order chi connectivity index (χ1) is 12.6. The van der Waals surface area contributed by atoms with Gasteiger partial charge in [0.2, 0.25) is 5.91 Å². The Bertz CT molecular complexity index is 546. The van der Waals surface area contributed by atoms with Crippen LogP contribution in [0.1, 0.15) is 44.2 Å². The summed E-state index contributed by atoms with van der Waals surface area (Å²) >= 11 is 0. The average Bonchev–Trinajstić information content (AvgIpc) is 2.64. The van der Waals surface area contributed by atoms with Crippen LogP contribution < -0.4 is 10.6 Å². The standard InChI is InChI=1S/C21H35N3O2.ClH/c1-17(2)26-16-20-7-5-4-6-19(20)14-23-21(25)15-24-12-9-18(10-13-24)8-11-22-3;/h4-7,17-18,22H,8-16H2,1-3H3,(H,23,25);1H. The van der Waals surface area contributed by atoms with Crippen molar-refractivity contribution in [2.75, 3.05) is 33.2 Å². The highest BCUT2D eigenvalue weighted by atomic mass is 35.5. The lowest BCUT2D eigenvalue weighted by molar-refractivity contribution is -0.122. The van der Waals surface area contributed by atoms with Crippen molar-refractivity contribution in [2.24, 2.45) is 5.92 Å². The molecule has 1 fully saturated rings. The van der Waals surface area contributed by atoms with Gasteiger partial charge >= 0.3 is 0 Å². The second-order valence-corrected chi connectivity index (χ2v) is 7.52. The molecule has 1 aromatic carbocycles. The number of nitrogens with one attached hydrogen (secondary N) is 2. The van der Waals surface area contributed by atoms with Crippen molar-refractivity contribution in [3.8, 4) is 0 Å². The van der Waals surface area contributed by atoms with Crippen LogP contribution in [0.2, 0.25) is 0 Å². The fourth-order valence-electron chi connectivity index (χ4n) is 3.36. The lowest BCUT2D eigenvalue weighted by atomic mass is 9.93. The van der Waals surface area contributed by atoms with E-state index in [4.69, 9.17) is 4.74 Å². The first kappa shape index (κ1) is 23.9. The zero-order valence-electron chi connectivity index (χ0n) is 17.0. The smallest absolute Gasteiger partial charge is 0.234 e. The van der Waals surface area contributed by atoms with E-state index >= 15 is 0 Å². The summed E-state index contributed by atoms with van der Waals surface area (Å²) in [6, 6.07) is 8.16. The molecule has 1 heterocycles. The molecule has 6 heteroatoms. The Labute approximate surface area is 170 Å². The lowest BCUT2D eigenvalue weighted by Crippen LogP contribution is -2.41. The summed E-state index contributed by atoms with van der Waals surface area (Å²) in [5.41, 5.74) is 2.28. The summed E-state index contributed by atoms with van der Waals surface area (Å²) < 4.78 is 5.71. The van der Waals surface area contributed by atoms with Crippen LogP contribution >= 0.6 is 12.4 Å². The second-order valence-electron chi connectivity index (χ2n) is 7.52. The Balaban J connectivity index is 0.00000364. The number of amides is 1. The van der Waals surface area contributed by atoms with Crippen molar-refractivity contribution in [3.05, 3.63) is 35.4 Å². The summed E-state index contributed by atoms with van der Waals surface area (Å²) in [5.74, 6) is 0.910. The van der Waals surface area contributed by atoms with Gasteiger partial charge in [-0.3, -0.25) is 9.69 Å². The quantitative estimate of drug-likeness (QED) is 0.637. The lowest BCUT2D eigenvalue weighted by Gasteiger charge is -2.31. The Morgan fingerprint density at radius 3 is 2.52 bits per heavy atom. The Hall–Kier alpha value is -1.14. The molecule has 0 spiro atoms. The van der Waals surface area contributed by atoms with Gasteiger partial charge < -0.3 is 15.4 Å². The number of halogens is 1. The molecule has 1 aliphatic heterocycles. The summed E-state index contributed by atoms with van der Waals surface area (Å²) in [7, 11) is 2.01. The molecule has 1 aromatic rings. The number of piperidine rings is 1. The van der Waals surface area contributed by atoms with Crippen molar-refractivity contribution in [2.45, 2.75) is 52.4 Å². The third-order valence-corrected chi connectivity index (χ3v) is 5.04. The van der Waals surface area contributed by atoms with Crippen molar-refractivity contribution in [1.29, 1.82) is 0 Å². The van der Waals surface area contributed by atoms with Crippen molar-refractivity contribution < 1.29 is 9.53 Å². The van der Waals surface area contributed by atoms with E-state index in [0.29, 0.717) is 19.7 Å². The van der Waals surface area contributed by atoms with Crippen molar-refractivity contribution >= 4 is 18.3 Å². The van der Waals surface area contributed by atoms with E-state index < -0.39 is 0 Å². The third-order valence-electron chi connectivity index (χ3n) is 5.04. The monoisotopic (exact) mass is 397 g/mol. The van der Waals surface area contributed by atoms with Crippen LogP contribution in [0, 0.1) is 5.92 Å². The molecule has 27 heavy (non-hydrogen) atoms. The minimum absolute atomic E-state index is 0. The van der Waals surface area contributed by atoms with Crippen LogP contribution in [0.15, 0.2) is 24.3 Å². The third kappa shape index (κ3) is 9.06. The van der Waals surface area contributed by atoms with Crippen LogP contribution in [0.5, 0.6) is 0 Å². The number of nitrogens with zero attached hydrogens (tertiary/aromatic N) is 1. The number of carbonyl (C=O) groups is 1. The second kappa shape index (κ2) is 13.1. The largest absolute Gasteiger partial charge is 0.374 e. The number of carbonyl (C=O) groups excluding carboxylic acids is 1. The molecule has 0 unspecified atom stereocenters. The summed E-state index contributed by atoms with van der Waals surface area (Å²) in [5, 5.41) is 6.30. The molecule has 0 bridgehead atoms. The number of hydrogen-bond acceptors (Lipinski definition) is 4. The fraction of sp³-hybridized carbons (Fsp3) is 0.667. The van der Waals surface area contributed by atoms with E-state index in [2.05, 4.69) is 27.7 Å². The highest BCUT2D eigenvalue weighted by molar-refractivity contribution is 5.85. The van der Waals surface area contributed by atoms with Gasteiger partial charge in [0.05, 0.1) is 19.3 Å². The predicted octanol–water partition coefficient (Wildman–Crippen LogP) is 2.97. The molecular weight excluding hydrogens is 362 g/mol. The maximum Gasteiger partial charge on any atom is 0.234 e. The molecule has 0 saturated carbocycles. The van der Waals surface area contributed by atoms with Gasteiger partial charge in [0.25, 0.3) is 0 Å². The Morgan fingerprint density at radius 1 is 1.22 bits per heavy atom. The van der Waals surface area contributed by atoms with Gasteiger partial charge in [0, 0.05) is 6.54 Å². The zero-order valence-corrected chi connectivity index (χ0v) is 17.8. The van der Waals surface area contributed by atoms with Crippen LogP contribution in [0.4, 0.5) is 0 Å². The minimum Gasteiger partial charge on any atom is -0.374 e. The fourth-order valence-corrected chi connectivity index (χ4v) is 3.36. The highest BCUT2D eigenvalue weighted by Gasteiger charge is 2.20. The van der Waals surface area contributed by atoms with Gasteiger partial charge in [-0.1, -0.05) is 24.3 Å². The van der Waals surface area contributed by atoms with Crippen molar-refractivity contribution in [1.82, 2.24) is 15.5 Å². The SMILES string of the molecule is CNCCC1CCN(CC(=O)NCc2ccccc2COC(C)C)CC1.Cl. The first-order valence-corrected chi connectivity index (χ1v) is 9.90. The summed E-state index contributed by atoms with van der Waals surface area (Å²) in [6.07, 6.45) is 3.84. The van der Waals surface area contributed by atoms with Gasteiger partial charge in [-0.25, -0.2) is 0 Å². The molecule has 5 nitrogen and oxygen atoms in total. The Kier molecular flexibility index (Phi) is 11.6. The molecular formula is C21H36ClN3O2. The highest BCUT2D eigenvalue weighted by Crippen LogP contribution is 2.19. The van der Waals surface area contributed by atoms with Gasteiger partial charge in [-0.15, -0.1) is 12.4 Å². The van der Waals surface area contributed by atoms with E-state index in [-0.39, 0.29) is 24.4 Å². The summed E-state index contributed by atoms with van der Waals surface area (Å²) in [4.78, 5) is 14.6. The molecule has 2 N–H and O–H groups in total. The molecule has 1 amide bonds. The van der Waals surface area contributed by atoms with E-state index in [1.165, 1.54) is 19.3 Å². The predicted molar refractivity (Wildman–Crippen MR) is 113 cm³/mol. The normalized spacial score (nSPS) is 15.6. The van der Waals surface area contributed by atoms with Gasteiger partial charge in [-0.2, -0.15) is 0 Å². The zero-order chi connectivity index (χ0) is 18.8. The molecule has 154 valence electrons. The molecule has 0 atom stereocenters. The molecule has 2 rings (SSSR count).